The predicted molar refractivity (Wildman–Crippen MR) is 78.1 cm³/mol. The molecular formula is C15H12ClFO2S. The van der Waals surface area contributed by atoms with Crippen LogP contribution in [0.2, 0.25) is 5.02 Å². The normalized spacial score (nSPS) is 13.8. The Morgan fingerprint density at radius 2 is 1.85 bits per heavy atom. The zero-order valence-electron chi connectivity index (χ0n) is 10.7. The monoisotopic (exact) mass is 310 g/mol. The maximum Gasteiger partial charge on any atom is 0.178 e. The quantitative estimate of drug-likeness (QED) is 0.804. The van der Waals surface area contributed by atoms with Crippen LogP contribution in [0.5, 0.6) is 0 Å². The second-order valence-electron chi connectivity index (χ2n) is 4.27. The van der Waals surface area contributed by atoms with Crippen LogP contribution in [0.4, 0.5) is 4.39 Å². The minimum atomic E-state index is -1.50. The first kappa shape index (κ1) is 14.9. The summed E-state index contributed by atoms with van der Waals surface area (Å²) in [6, 6.07) is 11.8. The number of halogens is 2. The van der Waals surface area contributed by atoms with Gasteiger partial charge in [0.25, 0.3) is 0 Å². The molecule has 2 atom stereocenters. The summed E-state index contributed by atoms with van der Waals surface area (Å²) in [5, 5.41) is -0.254. The van der Waals surface area contributed by atoms with Crippen molar-refractivity contribution in [3.8, 4) is 0 Å². The molecule has 2 aromatic carbocycles. The molecule has 0 radical (unpaired) electrons. The van der Waals surface area contributed by atoms with E-state index in [0.717, 1.165) is 0 Å². The van der Waals surface area contributed by atoms with Crippen molar-refractivity contribution in [2.24, 2.45) is 0 Å². The van der Waals surface area contributed by atoms with Crippen molar-refractivity contribution in [1.29, 1.82) is 0 Å². The van der Waals surface area contributed by atoms with Gasteiger partial charge in [0.1, 0.15) is 5.82 Å². The lowest BCUT2D eigenvalue weighted by molar-refractivity contribution is 0.0992. The molecule has 0 aliphatic heterocycles. The van der Waals surface area contributed by atoms with Crippen molar-refractivity contribution >= 4 is 28.2 Å². The lowest BCUT2D eigenvalue weighted by atomic mass is 10.1. The minimum absolute atomic E-state index is 0.289. The van der Waals surface area contributed by atoms with Gasteiger partial charge in [-0.25, -0.2) is 4.39 Å². The Labute approximate surface area is 124 Å². The fraction of sp³-hybridized carbons (Fsp3) is 0.133. The molecule has 0 saturated heterocycles. The van der Waals surface area contributed by atoms with E-state index in [-0.39, 0.29) is 5.78 Å². The van der Waals surface area contributed by atoms with Crippen LogP contribution in [-0.2, 0) is 10.8 Å². The van der Waals surface area contributed by atoms with Gasteiger partial charge in [-0.3, -0.25) is 9.00 Å². The van der Waals surface area contributed by atoms with Crippen molar-refractivity contribution in [2.75, 3.05) is 0 Å². The molecule has 20 heavy (non-hydrogen) atoms. The summed E-state index contributed by atoms with van der Waals surface area (Å²) in [4.78, 5) is 12.7. The van der Waals surface area contributed by atoms with Gasteiger partial charge in [0.05, 0.1) is 16.0 Å². The topological polar surface area (TPSA) is 34.1 Å². The fourth-order valence-corrected chi connectivity index (χ4v) is 3.19. The van der Waals surface area contributed by atoms with Gasteiger partial charge in [-0.1, -0.05) is 17.7 Å². The van der Waals surface area contributed by atoms with Crippen molar-refractivity contribution < 1.29 is 13.4 Å². The highest BCUT2D eigenvalue weighted by molar-refractivity contribution is 7.86. The Balaban J connectivity index is 2.22. The first-order valence-corrected chi connectivity index (χ1v) is 7.54. The number of hydrogen-bond acceptors (Lipinski definition) is 2. The van der Waals surface area contributed by atoms with E-state index in [2.05, 4.69) is 0 Å². The number of ketones is 1. The van der Waals surface area contributed by atoms with Crippen molar-refractivity contribution in [3.05, 3.63) is 64.9 Å². The van der Waals surface area contributed by atoms with Gasteiger partial charge in [-0.15, -0.1) is 0 Å². The van der Waals surface area contributed by atoms with Gasteiger partial charge in [0.15, 0.2) is 5.78 Å². The van der Waals surface area contributed by atoms with E-state index in [1.165, 1.54) is 24.3 Å². The molecule has 2 unspecified atom stereocenters. The molecule has 2 nitrogen and oxygen atoms in total. The number of hydrogen-bond donors (Lipinski definition) is 0. The SMILES string of the molecule is CC(C(=O)c1ccc(F)cc1)S(=O)c1cccc(Cl)c1. The average molecular weight is 311 g/mol. The number of carbonyl (C=O) groups is 1. The van der Waals surface area contributed by atoms with E-state index >= 15 is 0 Å². The molecule has 0 aliphatic rings. The number of Topliss-reactive ketones (excluding diaryl/α,β-unsaturated/α-hetero) is 1. The Morgan fingerprint density at radius 1 is 1.20 bits per heavy atom. The zero-order valence-corrected chi connectivity index (χ0v) is 12.2. The highest BCUT2D eigenvalue weighted by Gasteiger charge is 2.22. The Bertz CT molecular complexity index is 655. The summed E-state index contributed by atoms with van der Waals surface area (Å²) in [6.07, 6.45) is 0. The summed E-state index contributed by atoms with van der Waals surface area (Å²) in [5.41, 5.74) is 0.342. The summed E-state index contributed by atoms with van der Waals surface area (Å²) >= 11 is 5.85. The van der Waals surface area contributed by atoms with E-state index in [1.807, 2.05) is 0 Å². The van der Waals surface area contributed by atoms with E-state index in [1.54, 1.807) is 31.2 Å². The van der Waals surface area contributed by atoms with Crippen LogP contribution in [0, 0.1) is 5.82 Å². The Morgan fingerprint density at radius 3 is 2.45 bits per heavy atom. The minimum Gasteiger partial charge on any atom is -0.293 e. The summed E-state index contributed by atoms with van der Waals surface area (Å²) < 4.78 is 25.2. The van der Waals surface area contributed by atoms with Crippen LogP contribution in [0.25, 0.3) is 0 Å². The smallest absolute Gasteiger partial charge is 0.178 e. The number of rotatable bonds is 4. The maximum absolute atomic E-state index is 12.8. The third-order valence-corrected chi connectivity index (χ3v) is 4.66. The molecule has 0 N–H and O–H groups in total. The molecule has 0 bridgehead atoms. The molecule has 2 rings (SSSR count). The number of benzene rings is 2. The summed E-state index contributed by atoms with van der Waals surface area (Å²) in [6.45, 7) is 1.59. The molecule has 0 amide bonds. The molecule has 5 heteroatoms. The van der Waals surface area contributed by atoms with Crippen molar-refractivity contribution in [2.45, 2.75) is 17.1 Å². The van der Waals surface area contributed by atoms with E-state index < -0.39 is 21.9 Å². The Hall–Kier alpha value is -1.52. The van der Waals surface area contributed by atoms with Gasteiger partial charge >= 0.3 is 0 Å². The molecule has 104 valence electrons. The zero-order chi connectivity index (χ0) is 14.7. The molecule has 0 saturated carbocycles. The van der Waals surface area contributed by atoms with Crippen molar-refractivity contribution in [1.82, 2.24) is 0 Å². The van der Waals surface area contributed by atoms with Crippen LogP contribution in [0.3, 0.4) is 0 Å². The highest BCUT2D eigenvalue weighted by atomic mass is 35.5. The molecule has 0 aromatic heterocycles. The maximum atomic E-state index is 12.8. The summed E-state index contributed by atoms with van der Waals surface area (Å²) in [5.74, 6) is -0.700. The molecule has 0 fully saturated rings. The van der Waals surface area contributed by atoms with Crippen LogP contribution >= 0.6 is 11.6 Å². The van der Waals surface area contributed by atoms with Crippen LogP contribution in [-0.4, -0.2) is 15.2 Å². The lowest BCUT2D eigenvalue weighted by Gasteiger charge is -2.11. The van der Waals surface area contributed by atoms with E-state index in [4.69, 9.17) is 11.6 Å². The average Bonchev–Trinajstić information content (AvgIpc) is 2.46. The fourth-order valence-electron chi connectivity index (χ4n) is 1.74. The molecule has 0 aliphatic carbocycles. The number of carbonyl (C=O) groups excluding carboxylic acids is 1. The van der Waals surface area contributed by atoms with Crippen LogP contribution in [0.15, 0.2) is 53.4 Å². The van der Waals surface area contributed by atoms with Crippen LogP contribution < -0.4 is 0 Å². The van der Waals surface area contributed by atoms with Crippen LogP contribution in [0.1, 0.15) is 17.3 Å². The highest BCUT2D eigenvalue weighted by Crippen LogP contribution is 2.19. The molecular weight excluding hydrogens is 299 g/mol. The third kappa shape index (κ3) is 3.32. The second kappa shape index (κ2) is 6.29. The third-order valence-electron chi connectivity index (χ3n) is 2.85. The molecule has 2 aromatic rings. The van der Waals surface area contributed by atoms with Gasteiger partial charge in [-0.2, -0.15) is 0 Å². The van der Waals surface area contributed by atoms with E-state index in [0.29, 0.717) is 15.5 Å². The first-order valence-electron chi connectivity index (χ1n) is 5.95. The Kier molecular flexibility index (Phi) is 4.68. The lowest BCUT2D eigenvalue weighted by Crippen LogP contribution is -2.22. The second-order valence-corrected chi connectivity index (χ2v) is 6.48. The molecule has 0 spiro atoms. The van der Waals surface area contributed by atoms with Gasteiger partial charge in [0.2, 0.25) is 0 Å². The van der Waals surface area contributed by atoms with Gasteiger partial charge in [-0.05, 0) is 49.4 Å². The van der Waals surface area contributed by atoms with Gasteiger partial charge < -0.3 is 0 Å². The van der Waals surface area contributed by atoms with Crippen molar-refractivity contribution in [3.63, 3.8) is 0 Å². The standard InChI is InChI=1S/C15H12ClFO2S/c1-10(15(18)11-5-7-13(17)8-6-11)20(19)14-4-2-3-12(16)9-14/h2-10H,1H3. The van der Waals surface area contributed by atoms with E-state index in [9.17, 15) is 13.4 Å². The molecule has 0 heterocycles. The first-order chi connectivity index (χ1) is 9.49. The predicted octanol–water partition coefficient (Wildman–Crippen LogP) is 3.86. The van der Waals surface area contributed by atoms with Gasteiger partial charge in [0, 0.05) is 15.5 Å². The largest absolute Gasteiger partial charge is 0.293 e. The summed E-state index contributed by atoms with van der Waals surface area (Å²) in [7, 11) is -1.50.